The van der Waals surface area contributed by atoms with E-state index in [1.807, 2.05) is 0 Å². The average molecular weight is 397 g/mol. The number of methoxy groups -OCH3 is 1. The summed E-state index contributed by atoms with van der Waals surface area (Å²) >= 11 is 0. The third-order valence-corrected chi connectivity index (χ3v) is 5.86. The van der Waals surface area contributed by atoms with Gasteiger partial charge in [-0.3, -0.25) is 14.4 Å². The number of hydrogen-bond donors (Lipinski definition) is 1. The minimum Gasteiger partial charge on any atom is -0.497 e. The van der Waals surface area contributed by atoms with Gasteiger partial charge >= 0.3 is 0 Å². The maximum Gasteiger partial charge on any atom is 0.251 e. The van der Waals surface area contributed by atoms with Crippen LogP contribution in [0.2, 0.25) is 0 Å². The minimum atomic E-state index is -0.674. The molecule has 3 fully saturated rings. The molecule has 4 atom stereocenters. The molecular weight excluding hydrogens is 374 g/mol. The summed E-state index contributed by atoms with van der Waals surface area (Å²) in [7, 11) is 1.56. The highest BCUT2D eigenvalue weighted by Gasteiger charge is 2.56. The number of rotatable bonds is 5. The molecule has 4 unspecified atom stereocenters. The summed E-state index contributed by atoms with van der Waals surface area (Å²) in [5.74, 6) is 2.52. The Morgan fingerprint density at radius 1 is 1.14 bits per heavy atom. The zero-order valence-corrected chi connectivity index (χ0v) is 16.2. The van der Waals surface area contributed by atoms with E-state index < -0.39 is 18.1 Å². The van der Waals surface area contributed by atoms with Gasteiger partial charge in [0.15, 0.2) is 0 Å². The predicted octanol–water partition coefficient (Wildman–Crippen LogP) is 0.0274. The molecule has 152 valence electrons. The molecule has 8 nitrogen and oxygen atoms in total. The van der Waals surface area contributed by atoms with Crippen LogP contribution in [0.3, 0.4) is 0 Å². The number of fused-ring (bicyclic) bond motifs is 2. The van der Waals surface area contributed by atoms with Crippen molar-refractivity contribution < 1.29 is 23.9 Å². The van der Waals surface area contributed by atoms with Gasteiger partial charge in [-0.1, -0.05) is 5.92 Å². The fourth-order valence-corrected chi connectivity index (χ4v) is 4.46. The van der Waals surface area contributed by atoms with Gasteiger partial charge in [0.2, 0.25) is 11.8 Å². The molecule has 3 aliphatic rings. The van der Waals surface area contributed by atoms with Crippen LogP contribution in [0.5, 0.6) is 5.75 Å². The van der Waals surface area contributed by atoms with Gasteiger partial charge in [-0.25, -0.2) is 0 Å². The SMILES string of the molecule is C#CCOC1CCN2C(=O)C3C(NC(=O)c4ccc(OC)cc4)CCN3C(=O)C12. The Morgan fingerprint density at radius 2 is 1.79 bits per heavy atom. The predicted molar refractivity (Wildman–Crippen MR) is 103 cm³/mol. The molecule has 0 radical (unpaired) electrons. The molecule has 0 aliphatic carbocycles. The third kappa shape index (κ3) is 3.32. The number of benzene rings is 1. The molecule has 29 heavy (non-hydrogen) atoms. The third-order valence-electron chi connectivity index (χ3n) is 5.86. The van der Waals surface area contributed by atoms with E-state index in [4.69, 9.17) is 15.9 Å². The molecule has 4 rings (SSSR count). The fourth-order valence-electron chi connectivity index (χ4n) is 4.46. The first-order valence-electron chi connectivity index (χ1n) is 9.66. The Hall–Kier alpha value is -3.05. The second-order valence-electron chi connectivity index (χ2n) is 7.39. The summed E-state index contributed by atoms with van der Waals surface area (Å²) in [4.78, 5) is 42.0. The monoisotopic (exact) mass is 397 g/mol. The van der Waals surface area contributed by atoms with Crippen molar-refractivity contribution in [3.05, 3.63) is 29.8 Å². The van der Waals surface area contributed by atoms with Gasteiger partial charge in [0.05, 0.1) is 19.3 Å². The quantitative estimate of drug-likeness (QED) is 0.709. The van der Waals surface area contributed by atoms with Crippen molar-refractivity contribution in [2.75, 3.05) is 26.8 Å². The average Bonchev–Trinajstić information content (AvgIpc) is 3.35. The number of nitrogens with zero attached hydrogens (tertiary/aromatic N) is 2. The van der Waals surface area contributed by atoms with Crippen molar-refractivity contribution in [3.63, 3.8) is 0 Å². The van der Waals surface area contributed by atoms with Gasteiger partial charge in [0, 0.05) is 18.7 Å². The highest BCUT2D eigenvalue weighted by atomic mass is 16.5. The number of terminal acetylenes is 1. The van der Waals surface area contributed by atoms with Crippen LogP contribution in [0.15, 0.2) is 24.3 Å². The molecule has 1 aromatic carbocycles. The van der Waals surface area contributed by atoms with Crippen LogP contribution in [-0.2, 0) is 14.3 Å². The van der Waals surface area contributed by atoms with E-state index in [-0.39, 0.29) is 30.4 Å². The van der Waals surface area contributed by atoms with Gasteiger partial charge in [0.25, 0.3) is 5.91 Å². The summed E-state index contributed by atoms with van der Waals surface area (Å²) in [6, 6.07) is 5.02. The van der Waals surface area contributed by atoms with Gasteiger partial charge < -0.3 is 24.6 Å². The first-order valence-corrected chi connectivity index (χ1v) is 9.66. The van der Waals surface area contributed by atoms with Crippen LogP contribution in [0.1, 0.15) is 23.2 Å². The summed E-state index contributed by atoms with van der Waals surface area (Å²) < 4.78 is 10.7. The normalized spacial score (nSPS) is 28.0. The Bertz CT molecular complexity index is 862. The number of carbonyl (C=O) groups is 3. The van der Waals surface area contributed by atoms with Crippen LogP contribution in [0.25, 0.3) is 0 Å². The van der Waals surface area contributed by atoms with Crippen LogP contribution in [0, 0.1) is 12.3 Å². The Labute approximate surface area is 169 Å². The molecular formula is C21H23N3O5. The van der Waals surface area contributed by atoms with Crippen molar-refractivity contribution in [2.45, 2.75) is 37.1 Å². The minimum absolute atomic E-state index is 0.112. The molecule has 0 spiro atoms. The number of piperazine rings is 1. The second kappa shape index (κ2) is 7.76. The molecule has 3 saturated heterocycles. The lowest BCUT2D eigenvalue weighted by Gasteiger charge is -2.41. The van der Waals surface area contributed by atoms with Crippen LogP contribution < -0.4 is 10.1 Å². The molecule has 0 aromatic heterocycles. The van der Waals surface area contributed by atoms with Crippen molar-refractivity contribution in [1.82, 2.24) is 15.1 Å². The molecule has 3 heterocycles. The van der Waals surface area contributed by atoms with E-state index in [1.54, 1.807) is 41.2 Å². The number of nitrogens with one attached hydrogen (secondary N) is 1. The zero-order chi connectivity index (χ0) is 20.5. The van der Waals surface area contributed by atoms with E-state index in [2.05, 4.69) is 11.2 Å². The van der Waals surface area contributed by atoms with E-state index in [9.17, 15) is 14.4 Å². The number of amides is 3. The lowest BCUT2D eigenvalue weighted by Crippen LogP contribution is -2.66. The Morgan fingerprint density at radius 3 is 2.48 bits per heavy atom. The van der Waals surface area contributed by atoms with Gasteiger partial charge in [0.1, 0.15) is 24.4 Å². The Balaban J connectivity index is 1.48. The van der Waals surface area contributed by atoms with Gasteiger partial charge in [-0.15, -0.1) is 6.42 Å². The fraction of sp³-hybridized carbons (Fsp3) is 0.476. The number of ether oxygens (including phenoxy) is 2. The molecule has 3 aliphatic heterocycles. The highest BCUT2D eigenvalue weighted by molar-refractivity contribution is 6.00. The van der Waals surface area contributed by atoms with E-state index in [1.165, 1.54) is 0 Å². The summed E-state index contributed by atoms with van der Waals surface area (Å²) in [5, 5.41) is 2.93. The highest BCUT2D eigenvalue weighted by Crippen LogP contribution is 2.33. The first kappa shape index (κ1) is 19.3. The molecule has 1 N–H and O–H groups in total. The molecule has 8 heteroatoms. The topological polar surface area (TPSA) is 88.2 Å². The lowest BCUT2D eigenvalue weighted by atomic mass is 10.0. The first-order chi connectivity index (χ1) is 14.0. The van der Waals surface area contributed by atoms with E-state index in [0.717, 1.165) is 0 Å². The number of carbonyl (C=O) groups excluding carboxylic acids is 3. The summed E-state index contributed by atoms with van der Waals surface area (Å²) in [6.07, 6.45) is 5.98. The van der Waals surface area contributed by atoms with Crippen molar-refractivity contribution >= 4 is 17.7 Å². The van der Waals surface area contributed by atoms with Crippen LogP contribution in [-0.4, -0.2) is 78.6 Å². The van der Waals surface area contributed by atoms with Gasteiger partial charge in [-0.05, 0) is 37.1 Å². The van der Waals surface area contributed by atoms with Crippen molar-refractivity contribution in [3.8, 4) is 18.1 Å². The molecule has 3 amide bonds. The standard InChI is InChI=1S/C21H23N3O5/c1-3-12-29-16-9-11-24-18(16)21(27)23-10-8-15(17(23)20(24)26)22-19(25)13-4-6-14(28-2)7-5-13/h1,4-7,15-18H,8-12H2,2H3,(H,22,25). The van der Waals surface area contributed by atoms with E-state index in [0.29, 0.717) is 37.2 Å². The summed E-state index contributed by atoms with van der Waals surface area (Å²) in [6.45, 7) is 0.989. The summed E-state index contributed by atoms with van der Waals surface area (Å²) in [5.41, 5.74) is 0.473. The Kier molecular flexibility index (Phi) is 5.16. The molecule has 0 bridgehead atoms. The number of hydrogen-bond acceptors (Lipinski definition) is 5. The second-order valence-corrected chi connectivity index (χ2v) is 7.39. The van der Waals surface area contributed by atoms with Crippen LogP contribution in [0.4, 0.5) is 0 Å². The maximum atomic E-state index is 13.1. The van der Waals surface area contributed by atoms with Crippen molar-refractivity contribution in [2.24, 2.45) is 0 Å². The molecule has 0 saturated carbocycles. The van der Waals surface area contributed by atoms with Crippen LogP contribution >= 0.6 is 0 Å². The van der Waals surface area contributed by atoms with Crippen molar-refractivity contribution in [1.29, 1.82) is 0 Å². The zero-order valence-electron chi connectivity index (χ0n) is 16.2. The largest absolute Gasteiger partial charge is 0.497 e. The molecule has 1 aromatic rings. The van der Waals surface area contributed by atoms with E-state index >= 15 is 0 Å². The lowest BCUT2D eigenvalue weighted by molar-refractivity contribution is -0.161. The smallest absolute Gasteiger partial charge is 0.251 e. The van der Waals surface area contributed by atoms with Gasteiger partial charge in [-0.2, -0.15) is 0 Å². The maximum absolute atomic E-state index is 13.1.